The van der Waals surface area contributed by atoms with E-state index in [2.05, 4.69) is 15.4 Å². The topological polar surface area (TPSA) is 81.8 Å². The smallest absolute Gasteiger partial charge is 0.228 e. The molecule has 2 aromatic carbocycles. The molecular weight excluding hydrogens is 366 g/mol. The number of carbonyl (C=O) groups excluding carboxylic acids is 2. The van der Waals surface area contributed by atoms with Crippen LogP contribution in [0.25, 0.3) is 5.69 Å². The zero-order valence-corrected chi connectivity index (χ0v) is 15.8. The fourth-order valence-corrected chi connectivity index (χ4v) is 3.00. The van der Waals surface area contributed by atoms with Gasteiger partial charge >= 0.3 is 0 Å². The summed E-state index contributed by atoms with van der Waals surface area (Å²) in [5.74, 6) is 0.0907. The number of rotatable bonds is 6. The van der Waals surface area contributed by atoms with Crippen LogP contribution < -0.4 is 5.32 Å². The van der Waals surface area contributed by atoms with Crippen molar-refractivity contribution in [3.63, 3.8) is 0 Å². The summed E-state index contributed by atoms with van der Waals surface area (Å²) in [4.78, 5) is 28.8. The number of hydrogen-bond donors (Lipinski definition) is 1. The second kappa shape index (κ2) is 7.93. The molecule has 0 unspecified atom stereocenters. The molecule has 0 aliphatic heterocycles. The van der Waals surface area contributed by atoms with Crippen LogP contribution >= 0.6 is 0 Å². The van der Waals surface area contributed by atoms with Crippen LogP contribution in [-0.4, -0.2) is 31.0 Å². The number of hydrogen-bond acceptors (Lipinski definition) is 4. The molecule has 2 heterocycles. The molecule has 4 rings (SSSR count). The Balaban J connectivity index is 1.37. The number of imidazole rings is 1. The normalized spacial score (nSPS) is 10.7. The average Bonchev–Trinajstić information content (AvgIpc) is 3.40. The first-order valence-electron chi connectivity index (χ1n) is 9.11. The fraction of sp³-hybridized carbons (Fsp3) is 0.0909. The SMILES string of the molecule is Cn1ccnc1C(=O)c1ccc(NC(=O)Cc2ccc(-n3cccn3)cc2)cc1. The molecule has 29 heavy (non-hydrogen) atoms. The summed E-state index contributed by atoms with van der Waals surface area (Å²) in [5.41, 5.74) is 3.00. The molecular formula is C22H19N5O2. The van der Waals surface area contributed by atoms with Crippen molar-refractivity contribution in [1.82, 2.24) is 19.3 Å². The van der Waals surface area contributed by atoms with Gasteiger partial charge in [0.15, 0.2) is 5.82 Å². The lowest BCUT2D eigenvalue weighted by Crippen LogP contribution is -2.14. The Kier molecular flexibility index (Phi) is 5.03. The minimum absolute atomic E-state index is 0.125. The molecule has 2 aromatic heterocycles. The first-order valence-corrected chi connectivity index (χ1v) is 9.11. The van der Waals surface area contributed by atoms with Crippen molar-refractivity contribution in [3.8, 4) is 5.69 Å². The van der Waals surface area contributed by atoms with Crippen LogP contribution in [0.5, 0.6) is 0 Å². The van der Waals surface area contributed by atoms with E-state index in [1.165, 1.54) is 0 Å². The molecule has 0 saturated heterocycles. The Morgan fingerprint density at radius 1 is 0.966 bits per heavy atom. The Morgan fingerprint density at radius 3 is 2.34 bits per heavy atom. The van der Waals surface area contributed by atoms with Gasteiger partial charge in [-0.2, -0.15) is 5.10 Å². The number of amides is 1. The van der Waals surface area contributed by atoms with Crippen LogP contribution in [-0.2, 0) is 18.3 Å². The minimum atomic E-state index is -0.160. The van der Waals surface area contributed by atoms with Crippen molar-refractivity contribution in [2.75, 3.05) is 5.32 Å². The van der Waals surface area contributed by atoms with Gasteiger partial charge in [0.1, 0.15) is 0 Å². The van der Waals surface area contributed by atoms with E-state index in [1.54, 1.807) is 59.2 Å². The number of ketones is 1. The maximum Gasteiger partial charge on any atom is 0.228 e. The first kappa shape index (κ1) is 18.4. The highest BCUT2D eigenvalue weighted by Gasteiger charge is 2.13. The maximum absolute atomic E-state index is 12.4. The van der Waals surface area contributed by atoms with Gasteiger partial charge in [-0.25, -0.2) is 9.67 Å². The third-order valence-electron chi connectivity index (χ3n) is 4.53. The molecule has 0 aliphatic rings. The summed E-state index contributed by atoms with van der Waals surface area (Å²) in [6.45, 7) is 0. The van der Waals surface area contributed by atoms with E-state index in [1.807, 2.05) is 36.5 Å². The standard InChI is InChI=1S/C22H19N5O2/c1-26-14-12-23-22(26)21(29)17-5-7-18(8-6-17)25-20(28)15-16-3-9-19(10-4-16)27-13-2-11-24-27/h2-14H,15H2,1H3,(H,25,28). The highest BCUT2D eigenvalue weighted by atomic mass is 16.1. The molecule has 7 nitrogen and oxygen atoms in total. The predicted octanol–water partition coefficient (Wildman–Crippen LogP) is 3.02. The van der Waals surface area contributed by atoms with Crippen molar-refractivity contribution >= 4 is 17.4 Å². The number of carbonyl (C=O) groups is 2. The molecule has 0 spiro atoms. The van der Waals surface area contributed by atoms with E-state index >= 15 is 0 Å². The Bertz CT molecular complexity index is 1130. The molecule has 0 bridgehead atoms. The quantitative estimate of drug-likeness (QED) is 0.517. The van der Waals surface area contributed by atoms with Crippen LogP contribution in [0.4, 0.5) is 5.69 Å². The zero-order chi connectivity index (χ0) is 20.2. The van der Waals surface area contributed by atoms with Gasteiger partial charge in [0.2, 0.25) is 11.7 Å². The third kappa shape index (κ3) is 4.14. The van der Waals surface area contributed by atoms with Crippen LogP contribution in [0.3, 0.4) is 0 Å². The van der Waals surface area contributed by atoms with Gasteiger partial charge in [0.25, 0.3) is 0 Å². The van der Waals surface area contributed by atoms with Gasteiger partial charge in [-0.1, -0.05) is 12.1 Å². The summed E-state index contributed by atoms with van der Waals surface area (Å²) in [5, 5.41) is 7.04. The van der Waals surface area contributed by atoms with Gasteiger partial charge < -0.3 is 9.88 Å². The molecule has 0 aliphatic carbocycles. The largest absolute Gasteiger partial charge is 0.331 e. The second-order valence-electron chi connectivity index (χ2n) is 6.61. The average molecular weight is 385 g/mol. The lowest BCUT2D eigenvalue weighted by Gasteiger charge is -2.07. The number of anilines is 1. The van der Waals surface area contributed by atoms with E-state index in [-0.39, 0.29) is 18.1 Å². The van der Waals surface area contributed by atoms with E-state index < -0.39 is 0 Å². The third-order valence-corrected chi connectivity index (χ3v) is 4.53. The molecule has 1 amide bonds. The summed E-state index contributed by atoms with van der Waals surface area (Å²) in [6, 6.07) is 16.3. The molecule has 0 saturated carbocycles. The second-order valence-corrected chi connectivity index (χ2v) is 6.61. The van der Waals surface area contributed by atoms with Gasteiger partial charge in [0, 0.05) is 43.1 Å². The molecule has 4 aromatic rings. The zero-order valence-electron chi connectivity index (χ0n) is 15.8. The lowest BCUT2D eigenvalue weighted by molar-refractivity contribution is -0.115. The fourth-order valence-electron chi connectivity index (χ4n) is 3.00. The van der Waals surface area contributed by atoms with Gasteiger partial charge in [0.05, 0.1) is 12.1 Å². The van der Waals surface area contributed by atoms with Crippen LogP contribution in [0.15, 0.2) is 79.4 Å². The highest BCUT2D eigenvalue weighted by Crippen LogP contribution is 2.14. The van der Waals surface area contributed by atoms with Gasteiger partial charge in [-0.15, -0.1) is 0 Å². The minimum Gasteiger partial charge on any atom is -0.331 e. The van der Waals surface area contributed by atoms with Crippen molar-refractivity contribution < 1.29 is 9.59 Å². The summed E-state index contributed by atoms with van der Waals surface area (Å²) < 4.78 is 3.44. The number of benzene rings is 2. The summed E-state index contributed by atoms with van der Waals surface area (Å²) in [7, 11) is 1.77. The number of aryl methyl sites for hydroxylation is 1. The van der Waals surface area contributed by atoms with Crippen LogP contribution in [0.1, 0.15) is 21.7 Å². The number of nitrogens with zero attached hydrogens (tertiary/aromatic N) is 4. The number of nitrogens with one attached hydrogen (secondary N) is 1. The molecule has 144 valence electrons. The van der Waals surface area contributed by atoms with Crippen molar-refractivity contribution in [3.05, 3.63) is 96.3 Å². The Labute approximate surface area is 167 Å². The lowest BCUT2D eigenvalue weighted by atomic mass is 10.1. The Hall–Kier alpha value is -4.00. The van der Waals surface area contributed by atoms with E-state index in [4.69, 9.17) is 0 Å². The monoisotopic (exact) mass is 385 g/mol. The molecule has 1 N–H and O–H groups in total. The van der Waals surface area contributed by atoms with Crippen LogP contribution in [0.2, 0.25) is 0 Å². The predicted molar refractivity (Wildman–Crippen MR) is 109 cm³/mol. The Morgan fingerprint density at radius 2 is 1.72 bits per heavy atom. The van der Waals surface area contributed by atoms with E-state index in [0.29, 0.717) is 17.1 Å². The first-order chi connectivity index (χ1) is 14.1. The molecule has 0 radical (unpaired) electrons. The number of aromatic nitrogens is 4. The molecule has 7 heteroatoms. The van der Waals surface area contributed by atoms with E-state index in [0.717, 1.165) is 11.3 Å². The van der Waals surface area contributed by atoms with Crippen molar-refractivity contribution in [1.29, 1.82) is 0 Å². The summed E-state index contributed by atoms with van der Waals surface area (Å²) in [6.07, 6.45) is 7.15. The van der Waals surface area contributed by atoms with Gasteiger partial charge in [-0.3, -0.25) is 9.59 Å². The highest BCUT2D eigenvalue weighted by molar-refractivity contribution is 6.07. The maximum atomic E-state index is 12.4. The molecule has 0 atom stereocenters. The molecule has 0 fully saturated rings. The van der Waals surface area contributed by atoms with Gasteiger partial charge in [-0.05, 0) is 48.0 Å². The van der Waals surface area contributed by atoms with E-state index in [9.17, 15) is 9.59 Å². The summed E-state index contributed by atoms with van der Waals surface area (Å²) >= 11 is 0. The van der Waals surface area contributed by atoms with Crippen molar-refractivity contribution in [2.24, 2.45) is 7.05 Å². The van der Waals surface area contributed by atoms with Crippen molar-refractivity contribution in [2.45, 2.75) is 6.42 Å². The van der Waals surface area contributed by atoms with Crippen LogP contribution in [0, 0.1) is 0 Å².